The average Bonchev–Trinajstić information content (AvgIpc) is 3.65. The number of likely N-dealkylation sites (tertiary alicyclic amines) is 1. The van der Waals surface area contributed by atoms with E-state index in [4.69, 9.17) is 9.47 Å². The van der Waals surface area contributed by atoms with Crippen molar-refractivity contribution in [1.29, 1.82) is 0 Å². The standard InChI is InChI=1S/C30H35F3N6O5S/c1-37-12-9-29(10-13-37)11-14-43-26-8-7-22(30(31,32)33)15-27(26)45(41,42)39-19-24(16-25(39)28(40)34-29)44-20-23-18-38(36-35-23)17-21-5-3-2-4-6-21/h2-8,15,18,24-25H,9-14,16-17,19-20H2,1H3,(H,34,40)/t24-,25+/m1/s1. The van der Waals surface area contributed by atoms with Gasteiger partial charge in [0.05, 0.1) is 37.6 Å². The summed E-state index contributed by atoms with van der Waals surface area (Å²) in [7, 11) is -2.64. The Morgan fingerprint density at radius 1 is 1.11 bits per heavy atom. The fourth-order valence-electron chi connectivity index (χ4n) is 6.17. The van der Waals surface area contributed by atoms with Crippen molar-refractivity contribution < 1.29 is 35.9 Å². The molecule has 3 aliphatic heterocycles. The van der Waals surface area contributed by atoms with Crippen LogP contribution >= 0.6 is 0 Å². The highest BCUT2D eigenvalue weighted by molar-refractivity contribution is 7.89. The SMILES string of the molecule is CN1CCC2(CCOc3ccc(C(F)(F)F)cc3S(=O)(=O)N3C[C@H](OCc4cn(Cc5ccccc5)nn4)C[C@H]3C(=O)N2)CC1. The summed E-state index contributed by atoms with van der Waals surface area (Å²) in [5, 5.41) is 11.4. The number of piperidine rings is 1. The number of fused-ring (bicyclic) bond motifs is 2. The van der Waals surface area contributed by atoms with Crippen molar-refractivity contribution in [3.05, 3.63) is 71.5 Å². The minimum absolute atomic E-state index is 0.00980. The zero-order chi connectivity index (χ0) is 31.8. The molecule has 4 heterocycles. The summed E-state index contributed by atoms with van der Waals surface area (Å²) in [5.74, 6) is -0.683. The van der Waals surface area contributed by atoms with Crippen LogP contribution in [0.2, 0.25) is 0 Å². The van der Waals surface area contributed by atoms with Gasteiger partial charge in [0, 0.05) is 38.0 Å². The normalized spacial score (nSPS) is 23.9. The van der Waals surface area contributed by atoms with Crippen LogP contribution in [0, 0.1) is 0 Å². The van der Waals surface area contributed by atoms with E-state index in [0.717, 1.165) is 35.1 Å². The summed E-state index contributed by atoms with van der Waals surface area (Å²) < 4.78 is 83.8. The molecule has 3 aromatic rings. The average molecular weight is 649 g/mol. The molecule has 0 bridgehead atoms. The molecule has 0 radical (unpaired) electrons. The molecular formula is C30H35F3N6O5S. The predicted molar refractivity (Wildman–Crippen MR) is 156 cm³/mol. The van der Waals surface area contributed by atoms with Crippen molar-refractivity contribution in [1.82, 2.24) is 29.5 Å². The number of nitrogens with zero attached hydrogens (tertiary/aromatic N) is 5. The number of ether oxygens (including phenoxy) is 2. The predicted octanol–water partition coefficient (Wildman–Crippen LogP) is 3.06. The number of halogens is 3. The summed E-state index contributed by atoms with van der Waals surface area (Å²) in [6, 6.07) is 10.9. The van der Waals surface area contributed by atoms with Gasteiger partial charge in [-0.1, -0.05) is 35.5 Å². The van der Waals surface area contributed by atoms with Crippen LogP contribution in [-0.4, -0.2) is 89.5 Å². The molecular weight excluding hydrogens is 613 g/mol. The van der Waals surface area contributed by atoms with Gasteiger partial charge in [-0.25, -0.2) is 13.1 Å². The lowest BCUT2D eigenvalue weighted by molar-refractivity contribution is -0.137. The second-order valence-corrected chi connectivity index (χ2v) is 13.8. The molecule has 1 aromatic heterocycles. The Morgan fingerprint density at radius 3 is 2.60 bits per heavy atom. The number of amides is 1. The number of benzene rings is 2. The quantitative estimate of drug-likeness (QED) is 0.449. The topological polar surface area (TPSA) is 119 Å². The van der Waals surface area contributed by atoms with Crippen LogP contribution in [0.1, 0.15) is 42.5 Å². The number of carbonyl (C=O) groups excluding carboxylic acids is 1. The van der Waals surface area contributed by atoms with E-state index in [1.165, 1.54) is 0 Å². The third-order valence-corrected chi connectivity index (χ3v) is 10.7. The first-order chi connectivity index (χ1) is 21.4. The number of nitrogens with one attached hydrogen (secondary N) is 1. The molecule has 6 rings (SSSR count). The van der Waals surface area contributed by atoms with Crippen LogP contribution in [0.3, 0.4) is 0 Å². The summed E-state index contributed by atoms with van der Waals surface area (Å²) in [4.78, 5) is 15.4. The Morgan fingerprint density at radius 2 is 1.87 bits per heavy atom. The molecule has 1 amide bonds. The lowest BCUT2D eigenvalue weighted by Gasteiger charge is -2.42. The van der Waals surface area contributed by atoms with Crippen molar-refractivity contribution >= 4 is 15.9 Å². The molecule has 45 heavy (non-hydrogen) atoms. The monoisotopic (exact) mass is 648 g/mol. The molecule has 0 unspecified atom stereocenters. The maximum Gasteiger partial charge on any atom is 0.416 e. The maximum absolute atomic E-state index is 14.1. The maximum atomic E-state index is 14.1. The third kappa shape index (κ3) is 6.86. The zero-order valence-corrected chi connectivity index (χ0v) is 25.6. The van der Waals surface area contributed by atoms with Crippen molar-refractivity contribution in [3.63, 3.8) is 0 Å². The molecule has 242 valence electrons. The van der Waals surface area contributed by atoms with Gasteiger partial charge in [0.25, 0.3) is 0 Å². The van der Waals surface area contributed by atoms with Gasteiger partial charge in [-0.15, -0.1) is 5.10 Å². The zero-order valence-electron chi connectivity index (χ0n) is 24.7. The number of hydrogen-bond donors (Lipinski definition) is 1. The molecule has 3 aliphatic rings. The summed E-state index contributed by atoms with van der Waals surface area (Å²) >= 11 is 0. The van der Waals surface area contributed by atoms with Crippen LogP contribution in [0.25, 0.3) is 0 Å². The van der Waals surface area contributed by atoms with Crippen molar-refractivity contribution in [2.45, 2.75) is 67.6 Å². The molecule has 0 aliphatic carbocycles. The summed E-state index contributed by atoms with van der Waals surface area (Å²) in [6.07, 6.45) is -2.13. The van der Waals surface area contributed by atoms with E-state index in [1.807, 2.05) is 37.4 Å². The Labute approximate surface area is 259 Å². The Kier molecular flexibility index (Phi) is 8.63. The molecule has 15 heteroatoms. The fraction of sp³-hybridized carbons (Fsp3) is 0.500. The second kappa shape index (κ2) is 12.3. The molecule has 11 nitrogen and oxygen atoms in total. The molecule has 2 atom stereocenters. The van der Waals surface area contributed by atoms with E-state index >= 15 is 0 Å². The molecule has 2 aromatic carbocycles. The van der Waals surface area contributed by atoms with Crippen molar-refractivity contribution in [2.24, 2.45) is 0 Å². The fourth-order valence-corrected chi connectivity index (χ4v) is 7.95. The minimum Gasteiger partial charge on any atom is -0.492 e. The molecule has 2 fully saturated rings. The Bertz CT molecular complexity index is 1630. The first-order valence-corrected chi connectivity index (χ1v) is 16.3. The van der Waals surface area contributed by atoms with Gasteiger partial charge in [-0.2, -0.15) is 17.5 Å². The number of sulfonamides is 1. The van der Waals surface area contributed by atoms with Crippen LogP contribution < -0.4 is 10.1 Å². The first-order valence-electron chi connectivity index (χ1n) is 14.8. The number of hydrogen-bond acceptors (Lipinski definition) is 8. The molecule has 1 N–H and O–H groups in total. The van der Waals surface area contributed by atoms with Crippen molar-refractivity contribution in [2.75, 3.05) is 33.3 Å². The van der Waals surface area contributed by atoms with Gasteiger partial charge in [0.2, 0.25) is 15.9 Å². The smallest absolute Gasteiger partial charge is 0.416 e. The number of carbonyl (C=O) groups is 1. The Balaban J connectivity index is 1.27. The summed E-state index contributed by atoms with van der Waals surface area (Å²) in [6.45, 7) is 1.74. The van der Waals surface area contributed by atoms with E-state index < -0.39 is 50.3 Å². The number of aromatic nitrogens is 3. The molecule has 1 spiro atoms. The third-order valence-electron chi connectivity index (χ3n) is 8.79. The minimum atomic E-state index is -4.78. The molecule has 0 saturated carbocycles. The van der Waals surface area contributed by atoms with E-state index in [1.54, 1.807) is 10.9 Å². The van der Waals surface area contributed by atoms with E-state index in [2.05, 4.69) is 20.5 Å². The molecule has 2 saturated heterocycles. The van der Waals surface area contributed by atoms with Gasteiger partial charge >= 0.3 is 6.18 Å². The lowest BCUT2D eigenvalue weighted by atomic mass is 9.84. The highest BCUT2D eigenvalue weighted by Crippen LogP contribution is 2.39. The van der Waals surface area contributed by atoms with Crippen LogP contribution in [-0.2, 0) is 38.9 Å². The lowest BCUT2D eigenvalue weighted by Crippen LogP contribution is -2.58. The highest BCUT2D eigenvalue weighted by atomic mass is 32.2. The van der Waals surface area contributed by atoms with E-state index in [9.17, 15) is 26.4 Å². The van der Waals surface area contributed by atoms with Gasteiger partial charge in [0.1, 0.15) is 22.4 Å². The largest absolute Gasteiger partial charge is 0.492 e. The van der Waals surface area contributed by atoms with Crippen LogP contribution in [0.4, 0.5) is 13.2 Å². The van der Waals surface area contributed by atoms with Gasteiger partial charge < -0.3 is 19.7 Å². The van der Waals surface area contributed by atoms with Crippen molar-refractivity contribution in [3.8, 4) is 5.75 Å². The van der Waals surface area contributed by atoms with Gasteiger partial charge in [0.15, 0.2) is 0 Å². The Hall–Kier alpha value is -3.53. The van der Waals surface area contributed by atoms with Gasteiger partial charge in [-0.05, 0) is 43.7 Å². The van der Waals surface area contributed by atoms with Crippen LogP contribution in [0.15, 0.2) is 59.6 Å². The summed E-state index contributed by atoms with van der Waals surface area (Å²) in [5.41, 5.74) is -0.219. The number of alkyl halides is 3. The van der Waals surface area contributed by atoms with Gasteiger partial charge in [-0.3, -0.25) is 4.79 Å². The van der Waals surface area contributed by atoms with Crippen LogP contribution in [0.5, 0.6) is 5.75 Å². The van der Waals surface area contributed by atoms with E-state index in [-0.39, 0.29) is 31.9 Å². The number of rotatable bonds is 5. The first kappa shape index (κ1) is 31.5. The highest BCUT2D eigenvalue weighted by Gasteiger charge is 2.48. The second-order valence-electron chi connectivity index (χ2n) is 12.0. The van der Waals surface area contributed by atoms with E-state index in [0.29, 0.717) is 37.6 Å².